The molecule has 7 aromatic rings. The lowest BCUT2D eigenvalue weighted by Crippen LogP contribution is -2.47. The van der Waals surface area contributed by atoms with Crippen LogP contribution in [0, 0.1) is 18.8 Å². The number of carboxylic acid groups (broad SMARTS) is 1. The number of thiazole rings is 1. The van der Waals surface area contributed by atoms with Gasteiger partial charge in [-0.25, -0.2) is 14.8 Å². The number of ether oxygens (including phenoxy) is 1. The number of hydrogen-bond donors (Lipinski definition) is 3. The number of hydrogen-bond acceptors (Lipinski definition) is 12. The molecule has 2 atom stereocenters. The van der Waals surface area contributed by atoms with Crippen molar-refractivity contribution in [2.24, 2.45) is 18.9 Å². The van der Waals surface area contributed by atoms with Crippen molar-refractivity contribution >= 4 is 72.8 Å². The minimum absolute atomic E-state index is 0.0176. The second kappa shape index (κ2) is 21.0. The lowest BCUT2D eigenvalue weighted by Gasteiger charge is -2.37. The Balaban J connectivity index is 0.657. The number of piperazine rings is 1. The fourth-order valence-electron chi connectivity index (χ4n) is 11.8. The van der Waals surface area contributed by atoms with E-state index in [1.165, 1.54) is 29.9 Å². The van der Waals surface area contributed by atoms with Crippen molar-refractivity contribution in [2.75, 3.05) is 54.4 Å². The molecule has 1 aliphatic carbocycles. The Bertz CT molecular complexity index is 3250. The average Bonchev–Trinajstić information content (AvgIpc) is 3.97. The number of anilines is 3. The summed E-state index contributed by atoms with van der Waals surface area (Å²) >= 11 is 1.44. The van der Waals surface area contributed by atoms with E-state index in [0.717, 1.165) is 113 Å². The molecule has 16 heteroatoms. The van der Waals surface area contributed by atoms with E-state index in [1.54, 1.807) is 0 Å². The van der Waals surface area contributed by atoms with Crippen molar-refractivity contribution in [3.63, 3.8) is 0 Å². The third kappa shape index (κ3) is 10.2. The maximum atomic E-state index is 13.7. The van der Waals surface area contributed by atoms with Gasteiger partial charge < -0.3 is 19.6 Å². The summed E-state index contributed by atoms with van der Waals surface area (Å²) in [6, 6.07) is 29.6. The number of imide groups is 1. The van der Waals surface area contributed by atoms with E-state index in [0.29, 0.717) is 66.3 Å². The summed E-state index contributed by atoms with van der Waals surface area (Å²) in [7, 11) is 1.92. The van der Waals surface area contributed by atoms with E-state index in [9.17, 15) is 24.3 Å². The van der Waals surface area contributed by atoms with Crippen LogP contribution in [-0.4, -0.2) is 98.8 Å². The van der Waals surface area contributed by atoms with Crippen molar-refractivity contribution in [1.82, 2.24) is 30.0 Å². The number of carbonyl (C=O) groups excluding carboxylic acids is 3. The molecule has 3 aliphatic heterocycles. The maximum Gasteiger partial charge on any atom is 0.355 e. The molecule has 2 saturated heterocycles. The van der Waals surface area contributed by atoms with Gasteiger partial charge in [-0.15, -0.1) is 0 Å². The van der Waals surface area contributed by atoms with E-state index < -0.39 is 11.9 Å². The summed E-state index contributed by atoms with van der Waals surface area (Å²) < 4.78 is 9.57. The van der Waals surface area contributed by atoms with Gasteiger partial charge in [0.15, 0.2) is 10.8 Å². The third-order valence-electron chi connectivity index (χ3n) is 15.9. The van der Waals surface area contributed by atoms with Gasteiger partial charge in [0.05, 0.1) is 33.4 Å². The molecule has 0 radical (unpaired) electrons. The van der Waals surface area contributed by atoms with E-state index in [-0.39, 0.29) is 29.5 Å². The predicted molar refractivity (Wildman–Crippen MR) is 289 cm³/mol. The molecule has 1 unspecified atom stereocenters. The normalized spacial score (nSPS) is 19.9. The SMILES string of the molecule is Cc1c(OC2CCC(CC[C@@H](C)CN3CCN(c4ccc5c(C6CCC(=O)NC6=O)nn(C)c5c4)CC3)CC2)cccc1-c1ccc(N2CCc3cccc(C(=O)Nc4nc5ccccc5s4)c3C2)nc1C(=O)O. The number of amides is 3. The second-order valence-corrected chi connectivity index (χ2v) is 21.8. The number of carbonyl (C=O) groups is 4. The van der Waals surface area contributed by atoms with E-state index >= 15 is 0 Å². The molecule has 3 N–H and O–H groups in total. The number of fused-ring (bicyclic) bond motifs is 3. The zero-order chi connectivity index (χ0) is 51.0. The average molecular weight is 1010 g/mol. The number of aromatic nitrogens is 4. The first kappa shape index (κ1) is 49.1. The zero-order valence-corrected chi connectivity index (χ0v) is 43.1. The molecule has 382 valence electrons. The number of nitrogens with zero attached hydrogens (tertiary/aromatic N) is 7. The van der Waals surface area contributed by atoms with Crippen molar-refractivity contribution in [1.29, 1.82) is 0 Å². The molecule has 4 aromatic carbocycles. The first-order chi connectivity index (χ1) is 35.9. The first-order valence-electron chi connectivity index (χ1n) is 26.2. The van der Waals surface area contributed by atoms with Crippen molar-refractivity contribution in [2.45, 2.75) is 90.2 Å². The summed E-state index contributed by atoms with van der Waals surface area (Å²) in [5.41, 5.74) is 8.52. The molecule has 15 nitrogen and oxygen atoms in total. The largest absolute Gasteiger partial charge is 0.490 e. The number of benzene rings is 4. The standard InChI is InChI=1S/C58H63N9O6S/c1-35(33-65-28-30-66(31-29-65)39-18-21-44-48(32-39)64(3)63-53(44)45-23-25-52(68)61-56(45)70)14-15-37-16-19-40(20-17-37)73-49-12-7-9-41(36(49)2)42-22-24-51(60-54(42)57(71)72)67-27-26-38-8-6-10-43(46(38)34-67)55(69)62-58-59-47-11-4-5-13-50(47)74-58/h4-13,18,21-22,24,32,35,37,40,45H,14-17,19-20,23,25-31,33-34H2,1-3H3,(H,71,72)(H,59,62,69)(H,61,68,70)/t35-,37?,40?,45?/m1/s1. The van der Waals surface area contributed by atoms with Crippen LogP contribution in [-0.2, 0) is 29.6 Å². The molecule has 1 saturated carbocycles. The number of carboxylic acids is 1. The highest BCUT2D eigenvalue weighted by Gasteiger charge is 2.33. The van der Waals surface area contributed by atoms with Gasteiger partial charge in [0.2, 0.25) is 11.8 Å². The number of piperidine rings is 1. The van der Waals surface area contributed by atoms with E-state index in [2.05, 4.69) is 61.5 Å². The zero-order valence-electron chi connectivity index (χ0n) is 42.3. The minimum atomic E-state index is -1.10. The van der Waals surface area contributed by atoms with Gasteiger partial charge in [-0.05, 0) is 141 Å². The Morgan fingerprint density at radius 3 is 2.47 bits per heavy atom. The van der Waals surface area contributed by atoms with Crippen molar-refractivity contribution in [3.8, 4) is 16.9 Å². The van der Waals surface area contributed by atoms with Gasteiger partial charge in [0.1, 0.15) is 11.6 Å². The molecule has 0 spiro atoms. The molecule has 4 aliphatic rings. The summed E-state index contributed by atoms with van der Waals surface area (Å²) in [6.07, 6.45) is 8.31. The molecule has 3 amide bonds. The molecule has 3 aromatic heterocycles. The van der Waals surface area contributed by atoms with Gasteiger partial charge in [-0.1, -0.05) is 61.1 Å². The highest BCUT2D eigenvalue weighted by Crippen LogP contribution is 2.38. The molecular formula is C58H63N9O6S. The summed E-state index contributed by atoms with van der Waals surface area (Å²) in [5, 5.41) is 22.3. The van der Waals surface area contributed by atoms with E-state index in [4.69, 9.17) is 14.8 Å². The molecule has 6 heterocycles. The van der Waals surface area contributed by atoms with Crippen LogP contribution in [0.15, 0.2) is 91.0 Å². The Morgan fingerprint density at radius 1 is 0.865 bits per heavy atom. The lowest BCUT2D eigenvalue weighted by molar-refractivity contribution is -0.134. The fourth-order valence-corrected chi connectivity index (χ4v) is 12.6. The molecular weight excluding hydrogens is 951 g/mol. The van der Waals surface area contributed by atoms with Gasteiger partial charge in [0, 0.05) is 81.5 Å². The molecule has 74 heavy (non-hydrogen) atoms. The first-order valence-corrected chi connectivity index (χ1v) is 27.0. The Kier molecular flexibility index (Phi) is 13.9. The van der Waals surface area contributed by atoms with Gasteiger partial charge in [-0.3, -0.25) is 34.6 Å². The van der Waals surface area contributed by atoms with Crippen LogP contribution in [0.25, 0.3) is 32.2 Å². The quantitative estimate of drug-likeness (QED) is 0.0882. The van der Waals surface area contributed by atoms with Crippen LogP contribution < -0.4 is 25.2 Å². The number of pyridine rings is 1. The van der Waals surface area contributed by atoms with Crippen LogP contribution in [0.1, 0.15) is 107 Å². The summed E-state index contributed by atoms with van der Waals surface area (Å²) in [4.78, 5) is 67.4. The fraction of sp³-hybridized carbons (Fsp3) is 0.397. The lowest BCUT2D eigenvalue weighted by atomic mass is 9.83. The highest BCUT2D eigenvalue weighted by molar-refractivity contribution is 7.22. The number of para-hydroxylation sites is 1. The maximum absolute atomic E-state index is 13.7. The van der Waals surface area contributed by atoms with Crippen molar-refractivity contribution < 1.29 is 29.0 Å². The highest BCUT2D eigenvalue weighted by atomic mass is 32.1. The molecule has 0 bridgehead atoms. The number of nitrogens with one attached hydrogen (secondary N) is 2. The van der Waals surface area contributed by atoms with Gasteiger partial charge in [0.25, 0.3) is 5.91 Å². The second-order valence-electron chi connectivity index (χ2n) is 20.8. The topological polar surface area (TPSA) is 175 Å². The van der Waals surface area contributed by atoms with Crippen LogP contribution in [0.5, 0.6) is 5.75 Å². The van der Waals surface area contributed by atoms with Crippen LogP contribution >= 0.6 is 11.3 Å². The molecule has 3 fully saturated rings. The number of aromatic carboxylic acids is 1. The van der Waals surface area contributed by atoms with Gasteiger partial charge >= 0.3 is 5.97 Å². The van der Waals surface area contributed by atoms with E-state index in [1.807, 2.05) is 85.4 Å². The summed E-state index contributed by atoms with van der Waals surface area (Å²) in [6.45, 7) is 10.5. The molecule has 11 rings (SSSR count). The van der Waals surface area contributed by atoms with Crippen LogP contribution in [0.3, 0.4) is 0 Å². The monoisotopic (exact) mass is 1010 g/mol. The number of aryl methyl sites for hydroxylation is 1. The Hall–Kier alpha value is -7.17. The summed E-state index contributed by atoms with van der Waals surface area (Å²) in [5.74, 6) is 0.412. The van der Waals surface area contributed by atoms with Crippen LogP contribution in [0.4, 0.5) is 16.6 Å². The minimum Gasteiger partial charge on any atom is -0.490 e. The predicted octanol–water partition coefficient (Wildman–Crippen LogP) is 9.76. The third-order valence-corrected chi connectivity index (χ3v) is 16.9. The smallest absolute Gasteiger partial charge is 0.355 e. The van der Waals surface area contributed by atoms with Crippen LogP contribution in [0.2, 0.25) is 0 Å². The van der Waals surface area contributed by atoms with Gasteiger partial charge in [-0.2, -0.15) is 5.10 Å². The Labute approximate surface area is 434 Å². The Morgan fingerprint density at radius 2 is 1.68 bits per heavy atom. The number of rotatable bonds is 14. The van der Waals surface area contributed by atoms with Crippen molar-refractivity contribution in [3.05, 3.63) is 125 Å².